The highest BCUT2D eigenvalue weighted by molar-refractivity contribution is 5.14. The number of benzene rings is 1. The Bertz CT molecular complexity index is 304. The first-order chi connectivity index (χ1) is 7.75. The normalized spacial score (nSPS) is 22.6. The molecule has 1 saturated heterocycles. The Morgan fingerprint density at radius 1 is 1.25 bits per heavy atom. The third-order valence-electron chi connectivity index (χ3n) is 3.73. The van der Waals surface area contributed by atoms with E-state index in [0.29, 0.717) is 0 Å². The van der Waals surface area contributed by atoms with Crippen molar-refractivity contribution in [2.75, 3.05) is 13.1 Å². The van der Waals surface area contributed by atoms with E-state index in [-0.39, 0.29) is 0 Å². The molecule has 88 valence electrons. The molecule has 0 bridgehead atoms. The summed E-state index contributed by atoms with van der Waals surface area (Å²) in [5, 5.41) is 0. The third kappa shape index (κ3) is 3.08. The molecule has 1 aliphatic rings. The molecule has 0 aromatic heterocycles. The average Bonchev–Trinajstić information content (AvgIpc) is 2.30. The smallest absolute Gasteiger partial charge is 0.0233 e. The fourth-order valence-electron chi connectivity index (χ4n) is 2.62. The maximum absolute atomic E-state index is 2.61. The topological polar surface area (TPSA) is 3.24 Å². The van der Waals surface area contributed by atoms with E-state index in [0.717, 1.165) is 18.4 Å². The molecule has 0 spiro atoms. The van der Waals surface area contributed by atoms with Gasteiger partial charge in [0.1, 0.15) is 0 Å². The van der Waals surface area contributed by atoms with Gasteiger partial charge in [-0.2, -0.15) is 0 Å². The van der Waals surface area contributed by atoms with Crippen LogP contribution in [0.25, 0.3) is 0 Å². The van der Waals surface area contributed by atoms with Crippen LogP contribution >= 0.6 is 0 Å². The van der Waals surface area contributed by atoms with Gasteiger partial charge < -0.3 is 0 Å². The zero-order valence-electron chi connectivity index (χ0n) is 10.5. The monoisotopic (exact) mass is 217 g/mol. The number of hydrogen-bond donors (Lipinski definition) is 0. The van der Waals surface area contributed by atoms with Gasteiger partial charge in [0.2, 0.25) is 0 Å². The number of rotatable bonds is 3. The molecule has 1 aromatic carbocycles. The largest absolute Gasteiger partial charge is 0.299 e. The van der Waals surface area contributed by atoms with Gasteiger partial charge in [-0.25, -0.2) is 0 Å². The molecule has 1 heterocycles. The second-order valence-corrected chi connectivity index (χ2v) is 5.37. The Balaban J connectivity index is 1.90. The van der Waals surface area contributed by atoms with Gasteiger partial charge in [-0.15, -0.1) is 0 Å². The minimum Gasteiger partial charge on any atom is -0.299 e. The Morgan fingerprint density at radius 3 is 2.69 bits per heavy atom. The maximum Gasteiger partial charge on any atom is 0.0233 e. The van der Waals surface area contributed by atoms with E-state index in [9.17, 15) is 0 Å². The number of hydrogen-bond acceptors (Lipinski definition) is 1. The highest BCUT2D eigenvalue weighted by atomic mass is 15.1. The lowest BCUT2D eigenvalue weighted by atomic mass is 9.88. The Morgan fingerprint density at radius 2 is 2.00 bits per heavy atom. The van der Waals surface area contributed by atoms with E-state index in [1.165, 1.54) is 31.5 Å². The maximum atomic E-state index is 2.61. The van der Waals surface area contributed by atoms with Crippen LogP contribution in [0, 0.1) is 11.8 Å². The molecule has 1 fully saturated rings. The Hall–Kier alpha value is -0.820. The second kappa shape index (κ2) is 5.49. The van der Waals surface area contributed by atoms with Gasteiger partial charge in [0.15, 0.2) is 0 Å². The number of likely N-dealkylation sites (tertiary alicyclic amines) is 1. The molecular formula is C15H23N. The summed E-state index contributed by atoms with van der Waals surface area (Å²) in [4.78, 5) is 2.61. The molecule has 1 aromatic rings. The van der Waals surface area contributed by atoms with E-state index in [1.807, 2.05) is 0 Å². The summed E-state index contributed by atoms with van der Waals surface area (Å²) < 4.78 is 0. The fourth-order valence-corrected chi connectivity index (χ4v) is 2.62. The molecule has 1 aliphatic heterocycles. The van der Waals surface area contributed by atoms with Gasteiger partial charge in [0.25, 0.3) is 0 Å². The van der Waals surface area contributed by atoms with Crippen LogP contribution in [0.15, 0.2) is 30.3 Å². The molecule has 0 N–H and O–H groups in total. The SMILES string of the molecule is CC(C)[C@H]1CCCN(Cc2ccccc2)C1. The zero-order valence-corrected chi connectivity index (χ0v) is 10.5. The number of piperidine rings is 1. The van der Waals surface area contributed by atoms with E-state index < -0.39 is 0 Å². The minimum atomic E-state index is 0.832. The predicted molar refractivity (Wildman–Crippen MR) is 69.3 cm³/mol. The fraction of sp³-hybridized carbons (Fsp3) is 0.600. The standard InChI is InChI=1S/C15H23N/c1-13(2)15-9-6-10-16(12-15)11-14-7-4-3-5-8-14/h3-5,7-8,13,15H,6,9-12H2,1-2H3/t15-/m0/s1. The lowest BCUT2D eigenvalue weighted by molar-refractivity contribution is 0.139. The predicted octanol–water partition coefficient (Wildman–Crippen LogP) is 3.55. The van der Waals surface area contributed by atoms with E-state index >= 15 is 0 Å². The summed E-state index contributed by atoms with van der Waals surface area (Å²) in [5.41, 5.74) is 1.45. The van der Waals surface area contributed by atoms with Gasteiger partial charge in [0, 0.05) is 13.1 Å². The van der Waals surface area contributed by atoms with E-state index in [4.69, 9.17) is 0 Å². The van der Waals surface area contributed by atoms with Crippen molar-refractivity contribution in [1.82, 2.24) is 4.90 Å². The van der Waals surface area contributed by atoms with Crippen molar-refractivity contribution < 1.29 is 0 Å². The second-order valence-electron chi connectivity index (χ2n) is 5.37. The van der Waals surface area contributed by atoms with Gasteiger partial charge in [-0.05, 0) is 36.8 Å². The third-order valence-corrected chi connectivity index (χ3v) is 3.73. The highest BCUT2D eigenvalue weighted by Crippen LogP contribution is 2.24. The van der Waals surface area contributed by atoms with Gasteiger partial charge in [0.05, 0.1) is 0 Å². The lowest BCUT2D eigenvalue weighted by Gasteiger charge is -2.34. The molecule has 0 unspecified atom stereocenters. The summed E-state index contributed by atoms with van der Waals surface area (Å²) in [6, 6.07) is 10.8. The van der Waals surface area contributed by atoms with Gasteiger partial charge in [-0.3, -0.25) is 4.90 Å². The van der Waals surface area contributed by atoms with E-state index in [1.54, 1.807) is 0 Å². The number of nitrogens with zero attached hydrogens (tertiary/aromatic N) is 1. The Labute approximate surface area is 99.5 Å². The Kier molecular flexibility index (Phi) is 4.00. The summed E-state index contributed by atoms with van der Waals surface area (Å²) in [6.45, 7) is 8.40. The molecule has 0 aliphatic carbocycles. The van der Waals surface area contributed by atoms with Crippen molar-refractivity contribution in [2.45, 2.75) is 33.2 Å². The summed E-state index contributed by atoms with van der Waals surface area (Å²) >= 11 is 0. The summed E-state index contributed by atoms with van der Waals surface area (Å²) in [6.07, 6.45) is 2.79. The van der Waals surface area contributed by atoms with Crippen LogP contribution in [0.1, 0.15) is 32.3 Å². The highest BCUT2D eigenvalue weighted by Gasteiger charge is 2.21. The van der Waals surface area contributed by atoms with Crippen molar-refractivity contribution in [1.29, 1.82) is 0 Å². The van der Waals surface area contributed by atoms with Crippen LogP contribution in [0.3, 0.4) is 0 Å². The molecule has 16 heavy (non-hydrogen) atoms. The van der Waals surface area contributed by atoms with Crippen LogP contribution < -0.4 is 0 Å². The van der Waals surface area contributed by atoms with E-state index in [2.05, 4.69) is 49.1 Å². The molecular weight excluding hydrogens is 194 g/mol. The van der Waals surface area contributed by atoms with Crippen LogP contribution in [-0.4, -0.2) is 18.0 Å². The first-order valence-electron chi connectivity index (χ1n) is 6.52. The van der Waals surface area contributed by atoms with Crippen molar-refractivity contribution in [3.05, 3.63) is 35.9 Å². The van der Waals surface area contributed by atoms with Crippen LogP contribution in [0.2, 0.25) is 0 Å². The zero-order chi connectivity index (χ0) is 11.4. The van der Waals surface area contributed by atoms with Gasteiger partial charge >= 0.3 is 0 Å². The molecule has 0 radical (unpaired) electrons. The molecule has 1 atom stereocenters. The average molecular weight is 217 g/mol. The van der Waals surface area contributed by atoms with Crippen LogP contribution in [0.4, 0.5) is 0 Å². The van der Waals surface area contributed by atoms with Crippen LogP contribution in [0.5, 0.6) is 0 Å². The van der Waals surface area contributed by atoms with Crippen molar-refractivity contribution in [3.8, 4) is 0 Å². The van der Waals surface area contributed by atoms with Crippen molar-refractivity contribution in [3.63, 3.8) is 0 Å². The first kappa shape index (κ1) is 11.7. The molecule has 0 saturated carbocycles. The molecule has 0 amide bonds. The molecule has 2 rings (SSSR count). The molecule has 1 heteroatoms. The quantitative estimate of drug-likeness (QED) is 0.748. The lowest BCUT2D eigenvalue weighted by Crippen LogP contribution is -2.36. The summed E-state index contributed by atoms with van der Waals surface area (Å²) in [5.74, 6) is 1.73. The van der Waals surface area contributed by atoms with Crippen LogP contribution in [-0.2, 0) is 6.54 Å². The minimum absolute atomic E-state index is 0.832. The van der Waals surface area contributed by atoms with Crippen molar-refractivity contribution in [2.24, 2.45) is 11.8 Å². The van der Waals surface area contributed by atoms with Gasteiger partial charge in [-0.1, -0.05) is 44.2 Å². The van der Waals surface area contributed by atoms with Crippen molar-refractivity contribution >= 4 is 0 Å². The molecule has 1 nitrogen and oxygen atoms in total. The first-order valence-corrected chi connectivity index (χ1v) is 6.52. The summed E-state index contributed by atoms with van der Waals surface area (Å²) in [7, 11) is 0.